The third kappa shape index (κ3) is 2.10. The number of H-pyrrole nitrogens is 1. The second-order valence-corrected chi connectivity index (χ2v) is 6.72. The molecule has 0 radical (unpaired) electrons. The summed E-state index contributed by atoms with van der Waals surface area (Å²) in [6, 6.07) is 4.25. The Balaban J connectivity index is 2.36. The number of nitrogens with zero attached hydrogens (tertiary/aromatic N) is 2. The molecule has 3 heteroatoms. The van der Waals surface area contributed by atoms with Gasteiger partial charge >= 0.3 is 0 Å². The molecule has 3 nitrogen and oxygen atoms in total. The molecule has 0 unspecified atom stereocenters. The summed E-state index contributed by atoms with van der Waals surface area (Å²) in [6.45, 7) is 12.4. The molecule has 118 valence electrons. The standard InChI is InChI=1S/C21H19N3/c1-7-15-18(8-12(2)10-22)24-20-19(15)14(4)16-11-23-13(3)9-17(16)21(20,5)6/h1,8-9,11,24H,4H2,2-3,5-6H3/b12-8+. The first-order valence-corrected chi connectivity index (χ1v) is 7.79. The van der Waals surface area contributed by atoms with Crippen molar-refractivity contribution < 1.29 is 0 Å². The Bertz CT molecular complexity index is 985. The summed E-state index contributed by atoms with van der Waals surface area (Å²) in [5.41, 5.74) is 7.95. The van der Waals surface area contributed by atoms with Gasteiger partial charge in [-0.15, -0.1) is 6.42 Å². The summed E-state index contributed by atoms with van der Waals surface area (Å²) in [6.07, 6.45) is 9.47. The fourth-order valence-electron chi connectivity index (χ4n) is 3.38. The molecule has 0 spiro atoms. The van der Waals surface area contributed by atoms with Crippen LogP contribution in [0.2, 0.25) is 0 Å². The van der Waals surface area contributed by atoms with Crippen molar-refractivity contribution in [3.8, 4) is 18.4 Å². The molecule has 24 heavy (non-hydrogen) atoms. The van der Waals surface area contributed by atoms with E-state index in [1.807, 2.05) is 13.1 Å². The van der Waals surface area contributed by atoms with E-state index in [0.717, 1.165) is 39.3 Å². The SMILES string of the molecule is C#Cc1c(/C=C(\C)C#N)[nH]c2c1C(=C)c1cnc(C)cc1C2(C)C. The topological polar surface area (TPSA) is 52.5 Å². The average Bonchev–Trinajstić information content (AvgIpc) is 2.92. The first kappa shape index (κ1) is 15.8. The van der Waals surface area contributed by atoms with Crippen LogP contribution in [0.4, 0.5) is 0 Å². The van der Waals surface area contributed by atoms with E-state index >= 15 is 0 Å². The van der Waals surface area contributed by atoms with E-state index < -0.39 is 0 Å². The van der Waals surface area contributed by atoms with Crippen LogP contribution in [-0.4, -0.2) is 9.97 Å². The normalized spacial score (nSPS) is 15.2. The minimum atomic E-state index is -0.252. The van der Waals surface area contributed by atoms with E-state index in [-0.39, 0.29) is 5.41 Å². The highest BCUT2D eigenvalue weighted by Gasteiger charge is 2.38. The molecule has 0 amide bonds. The lowest BCUT2D eigenvalue weighted by Gasteiger charge is -2.34. The van der Waals surface area contributed by atoms with Gasteiger partial charge in [0.2, 0.25) is 0 Å². The van der Waals surface area contributed by atoms with Crippen LogP contribution in [0.15, 0.2) is 24.4 Å². The maximum Gasteiger partial charge on any atom is 0.0944 e. The van der Waals surface area contributed by atoms with Gasteiger partial charge in [-0.1, -0.05) is 26.3 Å². The number of pyridine rings is 1. The Morgan fingerprint density at radius 2 is 2.17 bits per heavy atom. The lowest BCUT2D eigenvalue weighted by Crippen LogP contribution is -2.27. The van der Waals surface area contributed by atoms with Gasteiger partial charge in [-0.05, 0) is 37.1 Å². The van der Waals surface area contributed by atoms with Crippen LogP contribution in [0, 0.1) is 30.6 Å². The van der Waals surface area contributed by atoms with Gasteiger partial charge in [-0.3, -0.25) is 4.98 Å². The lowest BCUT2D eigenvalue weighted by molar-refractivity contribution is 0.609. The molecule has 1 aliphatic rings. The number of nitrogens with one attached hydrogen (secondary N) is 1. The van der Waals surface area contributed by atoms with E-state index in [1.165, 1.54) is 5.56 Å². The summed E-state index contributed by atoms with van der Waals surface area (Å²) >= 11 is 0. The maximum atomic E-state index is 9.08. The molecule has 0 aromatic carbocycles. The third-order valence-corrected chi connectivity index (χ3v) is 4.68. The van der Waals surface area contributed by atoms with Crippen LogP contribution in [0.3, 0.4) is 0 Å². The van der Waals surface area contributed by atoms with E-state index in [9.17, 15) is 0 Å². The molecule has 3 rings (SSSR count). The van der Waals surface area contributed by atoms with Gasteiger partial charge in [0.15, 0.2) is 0 Å². The monoisotopic (exact) mass is 313 g/mol. The van der Waals surface area contributed by atoms with Gasteiger partial charge in [0.25, 0.3) is 0 Å². The van der Waals surface area contributed by atoms with Crippen molar-refractivity contribution in [1.82, 2.24) is 9.97 Å². The predicted molar refractivity (Wildman–Crippen MR) is 97.2 cm³/mol. The van der Waals surface area contributed by atoms with E-state index in [1.54, 1.807) is 13.0 Å². The highest BCUT2D eigenvalue weighted by atomic mass is 14.8. The third-order valence-electron chi connectivity index (χ3n) is 4.68. The molecule has 0 saturated heterocycles. The van der Waals surface area contributed by atoms with Crippen molar-refractivity contribution in [2.45, 2.75) is 33.1 Å². The number of rotatable bonds is 1. The summed E-state index contributed by atoms with van der Waals surface area (Å²) < 4.78 is 0. The van der Waals surface area contributed by atoms with Crippen LogP contribution >= 0.6 is 0 Å². The summed E-state index contributed by atoms with van der Waals surface area (Å²) in [5, 5.41) is 9.08. The second kappa shape index (κ2) is 5.25. The molecule has 0 atom stereocenters. The van der Waals surface area contributed by atoms with Gasteiger partial charge in [0.05, 0.1) is 17.3 Å². The second-order valence-electron chi connectivity index (χ2n) is 6.72. The maximum absolute atomic E-state index is 9.08. The van der Waals surface area contributed by atoms with Gasteiger partial charge in [0, 0.05) is 39.7 Å². The Morgan fingerprint density at radius 1 is 1.46 bits per heavy atom. The number of aromatic amines is 1. The highest BCUT2D eigenvalue weighted by molar-refractivity contribution is 5.90. The minimum absolute atomic E-state index is 0.252. The van der Waals surface area contributed by atoms with Crippen LogP contribution in [0.5, 0.6) is 0 Å². The van der Waals surface area contributed by atoms with Crippen molar-refractivity contribution in [2.75, 3.05) is 0 Å². The Morgan fingerprint density at radius 3 is 2.79 bits per heavy atom. The van der Waals surface area contributed by atoms with Gasteiger partial charge in [0.1, 0.15) is 0 Å². The minimum Gasteiger partial charge on any atom is -0.357 e. The quantitative estimate of drug-likeness (QED) is 0.629. The molecular weight excluding hydrogens is 294 g/mol. The molecule has 1 N–H and O–H groups in total. The molecule has 2 heterocycles. The van der Waals surface area contributed by atoms with Crippen molar-refractivity contribution in [3.63, 3.8) is 0 Å². The number of fused-ring (bicyclic) bond motifs is 2. The first-order chi connectivity index (χ1) is 11.3. The predicted octanol–water partition coefficient (Wildman–Crippen LogP) is 4.33. The largest absolute Gasteiger partial charge is 0.357 e. The number of hydrogen-bond acceptors (Lipinski definition) is 2. The highest BCUT2D eigenvalue weighted by Crippen LogP contribution is 2.47. The van der Waals surface area contributed by atoms with Crippen molar-refractivity contribution in [1.29, 1.82) is 5.26 Å². The van der Waals surface area contributed by atoms with E-state index in [4.69, 9.17) is 11.7 Å². The molecule has 0 saturated carbocycles. The Labute approximate surface area is 142 Å². The van der Waals surface area contributed by atoms with Crippen LogP contribution < -0.4 is 0 Å². The molecule has 0 bridgehead atoms. The van der Waals surface area contributed by atoms with Crippen molar-refractivity contribution >= 4 is 11.6 Å². The first-order valence-electron chi connectivity index (χ1n) is 7.79. The molecule has 1 aliphatic carbocycles. The fraction of sp³-hybridized carbons (Fsp3) is 0.238. The molecule has 0 aliphatic heterocycles. The van der Waals surface area contributed by atoms with Crippen LogP contribution in [0.25, 0.3) is 11.6 Å². The number of terminal acetylenes is 1. The summed E-state index contributed by atoms with van der Waals surface area (Å²) in [5.74, 6) is 2.78. The molecule has 2 aromatic rings. The zero-order chi connectivity index (χ0) is 17.6. The Kier molecular flexibility index (Phi) is 3.47. The van der Waals surface area contributed by atoms with Crippen molar-refractivity contribution in [2.24, 2.45) is 0 Å². The average molecular weight is 313 g/mol. The number of nitriles is 1. The number of aryl methyl sites for hydroxylation is 1. The summed E-state index contributed by atoms with van der Waals surface area (Å²) in [4.78, 5) is 7.88. The molecule has 0 fully saturated rings. The van der Waals surface area contributed by atoms with Crippen molar-refractivity contribution in [3.05, 3.63) is 63.8 Å². The number of aromatic nitrogens is 2. The van der Waals surface area contributed by atoms with Gasteiger partial charge in [-0.2, -0.15) is 5.26 Å². The van der Waals surface area contributed by atoms with Gasteiger partial charge < -0.3 is 4.98 Å². The molecular formula is C21H19N3. The zero-order valence-electron chi connectivity index (χ0n) is 14.4. The smallest absolute Gasteiger partial charge is 0.0944 e. The van der Waals surface area contributed by atoms with E-state index in [2.05, 4.69) is 48.5 Å². The lowest BCUT2D eigenvalue weighted by atomic mass is 9.70. The van der Waals surface area contributed by atoms with Gasteiger partial charge in [-0.25, -0.2) is 0 Å². The summed E-state index contributed by atoms with van der Waals surface area (Å²) in [7, 11) is 0. The molecule has 2 aromatic heterocycles. The fourth-order valence-corrected chi connectivity index (χ4v) is 3.38. The Hall–Kier alpha value is -3.04. The van der Waals surface area contributed by atoms with Crippen LogP contribution in [-0.2, 0) is 5.41 Å². The zero-order valence-corrected chi connectivity index (χ0v) is 14.4. The van der Waals surface area contributed by atoms with Crippen LogP contribution in [0.1, 0.15) is 60.1 Å². The number of allylic oxidation sites excluding steroid dienone is 1. The number of hydrogen-bond donors (Lipinski definition) is 1. The van der Waals surface area contributed by atoms with E-state index in [0.29, 0.717) is 5.57 Å².